The fourth-order valence-corrected chi connectivity index (χ4v) is 3.83. The highest BCUT2D eigenvalue weighted by molar-refractivity contribution is 5.97. The number of aromatic nitrogens is 2. The normalized spacial score (nSPS) is 14.6. The summed E-state index contributed by atoms with van der Waals surface area (Å²) < 4.78 is 6.99. The molecule has 3 rings (SSSR count). The third kappa shape index (κ3) is 4.61. The lowest BCUT2D eigenvalue weighted by atomic mass is 10.1. The molecule has 6 heteroatoms. The molecule has 0 bridgehead atoms. The second-order valence-electron chi connectivity index (χ2n) is 8.02. The Bertz CT molecular complexity index is 888. The monoisotopic (exact) mass is 385 g/mol. The lowest BCUT2D eigenvalue weighted by molar-refractivity contribution is 0.0672. The molecule has 28 heavy (non-hydrogen) atoms. The van der Waals surface area contributed by atoms with E-state index in [0.717, 1.165) is 38.1 Å². The van der Waals surface area contributed by atoms with E-state index in [9.17, 15) is 9.59 Å². The van der Waals surface area contributed by atoms with Crippen LogP contribution in [0.25, 0.3) is 10.9 Å². The van der Waals surface area contributed by atoms with Crippen molar-refractivity contribution in [1.82, 2.24) is 14.5 Å². The highest BCUT2D eigenvalue weighted by atomic mass is 16.5. The Balaban J connectivity index is 1.97. The Morgan fingerprint density at radius 3 is 2.79 bits per heavy atom. The maximum atomic E-state index is 13.1. The molecule has 0 aliphatic carbocycles. The van der Waals surface area contributed by atoms with Gasteiger partial charge in [0.25, 0.3) is 11.5 Å². The Kier molecular flexibility index (Phi) is 6.83. The van der Waals surface area contributed by atoms with Gasteiger partial charge in [0.05, 0.1) is 17.5 Å². The molecule has 0 saturated carbocycles. The topological polar surface area (TPSA) is 64.4 Å². The summed E-state index contributed by atoms with van der Waals surface area (Å²) >= 11 is 0. The van der Waals surface area contributed by atoms with Gasteiger partial charge in [-0.2, -0.15) is 0 Å². The summed E-state index contributed by atoms with van der Waals surface area (Å²) in [5.41, 5.74) is 1.21. The number of amides is 1. The molecule has 2 heterocycles. The van der Waals surface area contributed by atoms with Gasteiger partial charge >= 0.3 is 0 Å². The number of hydrogen-bond acceptors (Lipinski definition) is 4. The van der Waals surface area contributed by atoms with Crippen LogP contribution in [-0.2, 0) is 17.7 Å². The van der Waals surface area contributed by atoms with Crippen molar-refractivity contribution in [3.8, 4) is 0 Å². The van der Waals surface area contributed by atoms with Crippen LogP contribution in [0.4, 0.5) is 0 Å². The van der Waals surface area contributed by atoms with Crippen molar-refractivity contribution in [2.24, 2.45) is 5.92 Å². The van der Waals surface area contributed by atoms with E-state index in [1.165, 1.54) is 6.42 Å². The molecule has 1 aliphatic heterocycles. The van der Waals surface area contributed by atoms with Gasteiger partial charge in [-0.3, -0.25) is 14.2 Å². The zero-order valence-corrected chi connectivity index (χ0v) is 17.2. The minimum Gasteiger partial charge on any atom is -0.383 e. The summed E-state index contributed by atoms with van der Waals surface area (Å²) in [6.07, 6.45) is 5.22. The van der Waals surface area contributed by atoms with Crippen LogP contribution >= 0.6 is 0 Å². The minimum absolute atomic E-state index is 0.0133. The van der Waals surface area contributed by atoms with Crippen LogP contribution in [0.5, 0.6) is 0 Å². The molecule has 1 amide bonds. The van der Waals surface area contributed by atoms with Crippen molar-refractivity contribution in [2.45, 2.75) is 52.5 Å². The first-order valence-electron chi connectivity index (χ1n) is 10.3. The second-order valence-corrected chi connectivity index (χ2v) is 8.02. The fraction of sp³-hybridized carbons (Fsp3) is 0.591. The van der Waals surface area contributed by atoms with Crippen LogP contribution in [0, 0.1) is 5.92 Å². The van der Waals surface area contributed by atoms with E-state index in [2.05, 4.69) is 13.8 Å². The number of methoxy groups -OCH3 is 1. The minimum atomic E-state index is -0.0405. The second kappa shape index (κ2) is 9.32. The number of fused-ring (bicyclic) bond motifs is 2. The lowest BCUT2D eigenvalue weighted by Crippen LogP contribution is -2.36. The van der Waals surface area contributed by atoms with E-state index >= 15 is 0 Å². The molecule has 0 radical (unpaired) electrons. The van der Waals surface area contributed by atoms with E-state index in [1.54, 1.807) is 25.3 Å². The molecule has 0 N–H and O–H groups in total. The smallest absolute Gasteiger partial charge is 0.261 e. The quantitative estimate of drug-likeness (QED) is 0.766. The molecular formula is C22H31N3O3. The number of hydrogen-bond donors (Lipinski definition) is 0. The highest BCUT2D eigenvalue weighted by Crippen LogP contribution is 2.17. The van der Waals surface area contributed by atoms with Crippen molar-refractivity contribution < 1.29 is 9.53 Å². The molecule has 0 saturated heterocycles. The number of nitrogens with zero attached hydrogens (tertiary/aromatic N) is 3. The molecule has 6 nitrogen and oxygen atoms in total. The van der Waals surface area contributed by atoms with Crippen LogP contribution in [0.3, 0.4) is 0 Å². The zero-order valence-electron chi connectivity index (χ0n) is 17.2. The molecule has 2 aromatic rings. The zero-order chi connectivity index (χ0) is 20.1. The van der Waals surface area contributed by atoms with Gasteiger partial charge in [-0.25, -0.2) is 4.98 Å². The molecule has 1 aliphatic rings. The fourth-order valence-electron chi connectivity index (χ4n) is 3.83. The number of carbonyl (C=O) groups excluding carboxylic acids is 1. The first kappa shape index (κ1) is 20.5. The van der Waals surface area contributed by atoms with Crippen LogP contribution in [0.2, 0.25) is 0 Å². The molecule has 1 aromatic heterocycles. The molecule has 1 aromatic carbocycles. The third-order valence-corrected chi connectivity index (χ3v) is 5.25. The van der Waals surface area contributed by atoms with E-state index < -0.39 is 0 Å². The van der Waals surface area contributed by atoms with Crippen LogP contribution in [0.1, 0.15) is 55.7 Å². The van der Waals surface area contributed by atoms with E-state index in [0.29, 0.717) is 42.1 Å². The summed E-state index contributed by atoms with van der Waals surface area (Å²) in [6, 6.07) is 5.29. The molecule has 0 unspecified atom stereocenters. The van der Waals surface area contributed by atoms with Crippen molar-refractivity contribution in [1.29, 1.82) is 0 Å². The number of benzene rings is 1. The molecule has 0 fully saturated rings. The van der Waals surface area contributed by atoms with Gasteiger partial charge in [0.15, 0.2) is 0 Å². The average molecular weight is 386 g/mol. The number of carbonyl (C=O) groups is 1. The largest absolute Gasteiger partial charge is 0.383 e. The van der Waals surface area contributed by atoms with E-state index in [4.69, 9.17) is 9.72 Å². The van der Waals surface area contributed by atoms with Gasteiger partial charge in [-0.1, -0.05) is 26.7 Å². The van der Waals surface area contributed by atoms with Gasteiger partial charge in [0.2, 0.25) is 0 Å². The Hall–Kier alpha value is -2.21. The summed E-state index contributed by atoms with van der Waals surface area (Å²) in [4.78, 5) is 32.6. The maximum absolute atomic E-state index is 13.1. The standard InChI is InChI=1S/C22H31N3O3/c1-16(2)15-24(12-13-28-3)21(26)17-9-10-18-19(14-17)23-20-8-6-4-5-7-11-25(20)22(18)27/h9-10,14,16H,4-8,11-13,15H2,1-3H3. The lowest BCUT2D eigenvalue weighted by Gasteiger charge is -2.24. The SMILES string of the molecule is COCCN(CC(C)C)C(=O)c1ccc2c(=O)n3c(nc2c1)CCCCCC3. The first-order chi connectivity index (χ1) is 13.5. The first-order valence-corrected chi connectivity index (χ1v) is 10.3. The van der Waals surface area contributed by atoms with Crippen LogP contribution in [0.15, 0.2) is 23.0 Å². The summed E-state index contributed by atoms with van der Waals surface area (Å²) in [6.45, 7) is 6.63. The Morgan fingerprint density at radius 1 is 1.25 bits per heavy atom. The van der Waals surface area contributed by atoms with Crippen LogP contribution in [-0.4, -0.2) is 47.2 Å². The Morgan fingerprint density at radius 2 is 2.04 bits per heavy atom. The number of ether oxygens (including phenoxy) is 1. The van der Waals surface area contributed by atoms with Crippen molar-refractivity contribution in [3.05, 3.63) is 39.9 Å². The Labute approximate surface area is 166 Å². The van der Waals surface area contributed by atoms with Crippen LogP contribution < -0.4 is 5.56 Å². The van der Waals surface area contributed by atoms with Crippen molar-refractivity contribution >= 4 is 16.8 Å². The van der Waals surface area contributed by atoms with E-state index in [1.807, 2.05) is 9.47 Å². The van der Waals surface area contributed by atoms with E-state index in [-0.39, 0.29) is 11.5 Å². The van der Waals surface area contributed by atoms with Gasteiger partial charge in [0.1, 0.15) is 5.82 Å². The molecular weight excluding hydrogens is 354 g/mol. The molecule has 0 spiro atoms. The summed E-state index contributed by atoms with van der Waals surface area (Å²) in [5.74, 6) is 1.17. The number of rotatable bonds is 6. The van der Waals surface area contributed by atoms with Gasteiger partial charge in [0, 0.05) is 38.7 Å². The predicted octanol–water partition coefficient (Wildman–Crippen LogP) is 3.26. The van der Waals surface area contributed by atoms with Gasteiger partial charge in [-0.05, 0) is 37.0 Å². The molecule has 0 atom stereocenters. The summed E-state index contributed by atoms with van der Waals surface area (Å²) in [7, 11) is 1.64. The molecule has 152 valence electrons. The maximum Gasteiger partial charge on any atom is 0.261 e. The van der Waals surface area contributed by atoms with Crippen molar-refractivity contribution in [3.63, 3.8) is 0 Å². The predicted molar refractivity (Wildman–Crippen MR) is 111 cm³/mol. The number of aryl methyl sites for hydroxylation is 1. The third-order valence-electron chi connectivity index (χ3n) is 5.25. The highest BCUT2D eigenvalue weighted by Gasteiger charge is 2.19. The van der Waals surface area contributed by atoms with Gasteiger partial charge < -0.3 is 9.64 Å². The average Bonchev–Trinajstić information content (AvgIpc) is 2.65. The van der Waals surface area contributed by atoms with Crippen molar-refractivity contribution in [2.75, 3.05) is 26.8 Å². The summed E-state index contributed by atoms with van der Waals surface area (Å²) in [5, 5.41) is 0.591. The van der Waals surface area contributed by atoms with Gasteiger partial charge in [-0.15, -0.1) is 0 Å².